The van der Waals surface area contributed by atoms with E-state index >= 15 is 0 Å². The van der Waals surface area contributed by atoms with E-state index in [-0.39, 0.29) is 5.75 Å². The average molecular weight is 407 g/mol. The number of carbonyl (C=O) groups is 1. The number of rotatable bonds is 5. The summed E-state index contributed by atoms with van der Waals surface area (Å²) in [6, 6.07) is 11.1. The number of likely N-dealkylation sites (N-methyl/N-ethyl adjacent to an activating group) is 1. The number of halogens is 3. The van der Waals surface area contributed by atoms with Gasteiger partial charge in [-0.1, -0.05) is 12.1 Å². The van der Waals surface area contributed by atoms with Gasteiger partial charge in [0.1, 0.15) is 11.5 Å². The van der Waals surface area contributed by atoms with Crippen molar-refractivity contribution in [1.82, 2.24) is 0 Å². The zero-order valence-electron chi connectivity index (χ0n) is 16.1. The van der Waals surface area contributed by atoms with Crippen LogP contribution in [0.2, 0.25) is 0 Å². The lowest BCUT2D eigenvalue weighted by Crippen LogP contribution is -2.25. The van der Waals surface area contributed by atoms with Crippen LogP contribution in [0, 0.1) is 0 Å². The molecule has 1 aliphatic rings. The zero-order valence-corrected chi connectivity index (χ0v) is 16.1. The fourth-order valence-corrected chi connectivity index (χ4v) is 3.38. The Morgan fingerprint density at radius 2 is 1.90 bits per heavy atom. The summed E-state index contributed by atoms with van der Waals surface area (Å²) in [7, 11) is 1.86. The molecule has 154 valence electrons. The van der Waals surface area contributed by atoms with Gasteiger partial charge in [-0.25, -0.2) is 4.79 Å². The van der Waals surface area contributed by atoms with Crippen LogP contribution in [0.4, 0.5) is 18.9 Å². The van der Waals surface area contributed by atoms with Crippen molar-refractivity contribution in [3.05, 3.63) is 59.2 Å². The predicted octanol–water partition coefficient (Wildman–Crippen LogP) is 4.71. The van der Waals surface area contributed by atoms with Gasteiger partial charge in [0.25, 0.3) is 0 Å². The summed E-state index contributed by atoms with van der Waals surface area (Å²) in [5.41, 5.74) is 3.80. The molecule has 3 rings (SSSR count). The smallest absolute Gasteiger partial charge is 0.479 e. The summed E-state index contributed by atoms with van der Waals surface area (Å²) in [4.78, 5) is 13.0. The highest BCUT2D eigenvalue weighted by atomic mass is 19.4. The molecule has 0 aromatic heterocycles. The Balaban J connectivity index is 2.05. The second-order valence-electron chi connectivity index (χ2n) is 6.86. The Morgan fingerprint density at radius 1 is 1.17 bits per heavy atom. The summed E-state index contributed by atoms with van der Waals surface area (Å²) in [6.45, 7) is 3.92. The molecule has 0 saturated carbocycles. The Kier molecular flexibility index (Phi) is 5.46. The van der Waals surface area contributed by atoms with Crippen LogP contribution in [-0.4, -0.2) is 37.1 Å². The van der Waals surface area contributed by atoms with Crippen LogP contribution in [0.5, 0.6) is 11.5 Å². The van der Waals surface area contributed by atoms with Crippen molar-refractivity contribution in [3.8, 4) is 11.5 Å². The van der Waals surface area contributed by atoms with Gasteiger partial charge in [-0.2, -0.15) is 0 Å². The van der Waals surface area contributed by atoms with E-state index in [1.807, 2.05) is 24.9 Å². The molecule has 2 aromatic rings. The molecule has 0 radical (unpaired) electrons. The number of hydrogen-bond donors (Lipinski definition) is 1. The molecular formula is C21H20F3NO4. The fourth-order valence-electron chi connectivity index (χ4n) is 3.38. The third kappa shape index (κ3) is 4.64. The van der Waals surface area contributed by atoms with E-state index < -0.39 is 18.4 Å². The van der Waals surface area contributed by atoms with E-state index in [2.05, 4.69) is 4.74 Å². The van der Waals surface area contributed by atoms with Crippen LogP contribution in [0.15, 0.2) is 48.0 Å². The van der Waals surface area contributed by atoms with Gasteiger partial charge in [0.15, 0.2) is 6.10 Å². The van der Waals surface area contributed by atoms with Gasteiger partial charge >= 0.3 is 12.3 Å². The standard InChI is InChI=1S/C21H20F3NO4/c1-12-11-25(3)18-8-7-16(29-21(22,23)24)10-17(18)19(12)14-5-4-6-15(9-14)28-13(2)20(26)27/h4-10,13H,11H2,1-3H3,(H,26,27)/t13-/m0/s1. The van der Waals surface area contributed by atoms with Crippen molar-refractivity contribution in [2.45, 2.75) is 26.3 Å². The Labute approximate surface area is 166 Å². The highest BCUT2D eigenvalue weighted by Crippen LogP contribution is 2.41. The van der Waals surface area contributed by atoms with Crippen LogP contribution in [0.25, 0.3) is 5.57 Å². The SMILES string of the molecule is CC1=C(c2cccc(O[C@@H](C)C(=O)O)c2)c2cc(OC(F)(F)F)ccc2N(C)C1. The molecule has 0 spiro atoms. The van der Waals surface area contributed by atoms with Crippen LogP contribution < -0.4 is 14.4 Å². The van der Waals surface area contributed by atoms with Crippen molar-refractivity contribution in [2.24, 2.45) is 0 Å². The highest BCUT2D eigenvalue weighted by molar-refractivity contribution is 5.91. The van der Waals surface area contributed by atoms with Crippen molar-refractivity contribution in [1.29, 1.82) is 0 Å². The highest BCUT2D eigenvalue weighted by Gasteiger charge is 2.32. The quantitative estimate of drug-likeness (QED) is 0.778. The van der Waals surface area contributed by atoms with Crippen LogP contribution in [0.1, 0.15) is 25.0 Å². The predicted molar refractivity (Wildman–Crippen MR) is 102 cm³/mol. The van der Waals surface area contributed by atoms with Crippen molar-refractivity contribution in [3.63, 3.8) is 0 Å². The Bertz CT molecular complexity index is 969. The maximum absolute atomic E-state index is 12.7. The minimum atomic E-state index is -4.78. The van der Waals surface area contributed by atoms with E-state index in [0.29, 0.717) is 17.9 Å². The van der Waals surface area contributed by atoms with Crippen molar-refractivity contribution in [2.75, 3.05) is 18.5 Å². The molecule has 0 fully saturated rings. The number of benzene rings is 2. The number of anilines is 1. The lowest BCUT2D eigenvalue weighted by molar-refractivity contribution is -0.274. The molecule has 1 N–H and O–H groups in total. The van der Waals surface area contributed by atoms with E-state index in [0.717, 1.165) is 22.4 Å². The fraction of sp³-hybridized carbons (Fsp3) is 0.286. The number of aliphatic carboxylic acids is 1. The van der Waals surface area contributed by atoms with Gasteiger partial charge < -0.3 is 19.5 Å². The summed E-state index contributed by atoms with van der Waals surface area (Å²) in [5.74, 6) is -1.03. The molecule has 8 heteroatoms. The molecule has 0 unspecified atom stereocenters. The third-order valence-corrected chi connectivity index (χ3v) is 4.57. The Morgan fingerprint density at radius 3 is 2.55 bits per heavy atom. The summed E-state index contributed by atoms with van der Waals surface area (Å²) in [6.07, 6.45) is -5.81. The van der Waals surface area contributed by atoms with E-state index in [1.165, 1.54) is 19.1 Å². The Hall–Kier alpha value is -3.16. The van der Waals surface area contributed by atoms with Gasteiger partial charge in [-0.05, 0) is 60.9 Å². The molecule has 1 heterocycles. The number of nitrogens with zero attached hydrogens (tertiary/aromatic N) is 1. The van der Waals surface area contributed by atoms with Gasteiger partial charge in [-0.3, -0.25) is 0 Å². The number of hydrogen-bond acceptors (Lipinski definition) is 4. The molecular weight excluding hydrogens is 387 g/mol. The average Bonchev–Trinajstić information content (AvgIpc) is 2.60. The zero-order chi connectivity index (χ0) is 21.3. The normalized spacial score (nSPS) is 15.0. The maximum Gasteiger partial charge on any atom is 0.573 e. The number of carboxylic acid groups (broad SMARTS) is 1. The number of carboxylic acids is 1. The van der Waals surface area contributed by atoms with Crippen LogP contribution in [0.3, 0.4) is 0 Å². The third-order valence-electron chi connectivity index (χ3n) is 4.57. The first-order valence-corrected chi connectivity index (χ1v) is 8.86. The molecule has 0 aliphatic carbocycles. The first kappa shape index (κ1) is 20.6. The maximum atomic E-state index is 12.7. The van der Waals surface area contributed by atoms with E-state index in [9.17, 15) is 18.0 Å². The van der Waals surface area contributed by atoms with E-state index in [4.69, 9.17) is 9.84 Å². The summed E-state index contributed by atoms with van der Waals surface area (Å²) in [5, 5.41) is 9.04. The minimum absolute atomic E-state index is 0.302. The molecule has 0 saturated heterocycles. The number of ether oxygens (including phenoxy) is 2. The molecule has 1 aliphatic heterocycles. The van der Waals surface area contributed by atoms with Gasteiger partial charge in [0, 0.05) is 24.8 Å². The molecule has 5 nitrogen and oxygen atoms in total. The largest absolute Gasteiger partial charge is 0.573 e. The summed E-state index contributed by atoms with van der Waals surface area (Å²) >= 11 is 0. The first-order chi connectivity index (χ1) is 13.5. The monoisotopic (exact) mass is 407 g/mol. The molecule has 1 atom stereocenters. The van der Waals surface area contributed by atoms with Gasteiger partial charge in [0.2, 0.25) is 0 Å². The second-order valence-corrected chi connectivity index (χ2v) is 6.86. The molecule has 29 heavy (non-hydrogen) atoms. The van der Waals surface area contributed by atoms with Gasteiger partial charge in [0.05, 0.1) is 0 Å². The molecule has 2 aromatic carbocycles. The topological polar surface area (TPSA) is 59.0 Å². The molecule has 0 bridgehead atoms. The summed E-state index contributed by atoms with van der Waals surface area (Å²) < 4.78 is 47.6. The van der Waals surface area contributed by atoms with E-state index in [1.54, 1.807) is 24.3 Å². The minimum Gasteiger partial charge on any atom is -0.479 e. The first-order valence-electron chi connectivity index (χ1n) is 8.86. The van der Waals surface area contributed by atoms with Gasteiger partial charge in [-0.15, -0.1) is 13.2 Å². The number of fused-ring (bicyclic) bond motifs is 1. The van der Waals surface area contributed by atoms with Crippen molar-refractivity contribution >= 4 is 17.2 Å². The second kappa shape index (κ2) is 7.69. The molecule has 0 amide bonds. The lowest BCUT2D eigenvalue weighted by atomic mass is 9.89. The lowest BCUT2D eigenvalue weighted by Gasteiger charge is -2.31. The van der Waals surface area contributed by atoms with Crippen LogP contribution >= 0.6 is 0 Å². The van der Waals surface area contributed by atoms with Crippen molar-refractivity contribution < 1.29 is 32.5 Å². The number of alkyl halides is 3. The van der Waals surface area contributed by atoms with Crippen LogP contribution in [-0.2, 0) is 4.79 Å².